The molecule has 0 heterocycles. The molecule has 0 rings (SSSR count). The van der Waals surface area contributed by atoms with E-state index in [2.05, 4.69) is 93.7 Å². The summed E-state index contributed by atoms with van der Waals surface area (Å²) in [7, 11) is 0. The summed E-state index contributed by atoms with van der Waals surface area (Å²) in [5.74, 6) is -0.944. The van der Waals surface area contributed by atoms with Gasteiger partial charge in [-0.25, -0.2) is 0 Å². The molecule has 0 aromatic heterocycles. The Bertz CT molecular complexity index is 1160. The van der Waals surface area contributed by atoms with E-state index >= 15 is 0 Å². The molecule has 0 fully saturated rings. The predicted molar refractivity (Wildman–Crippen MR) is 261 cm³/mol. The maximum absolute atomic E-state index is 12.8. The highest BCUT2D eigenvalue weighted by Gasteiger charge is 2.19. The van der Waals surface area contributed by atoms with E-state index in [9.17, 15) is 14.4 Å². The smallest absolute Gasteiger partial charge is 0.306 e. The van der Waals surface area contributed by atoms with E-state index in [4.69, 9.17) is 14.2 Å². The number of ether oxygens (including phenoxy) is 3. The fourth-order valence-electron chi connectivity index (χ4n) is 6.87. The molecule has 0 radical (unpaired) electrons. The Balaban J connectivity index is 4.42. The monoisotopic (exact) mass is 851 g/mol. The van der Waals surface area contributed by atoms with Gasteiger partial charge in [-0.3, -0.25) is 14.4 Å². The molecule has 0 amide bonds. The number of rotatable bonds is 45. The van der Waals surface area contributed by atoms with Crippen LogP contribution in [0.3, 0.4) is 0 Å². The van der Waals surface area contributed by atoms with Gasteiger partial charge in [0.15, 0.2) is 6.10 Å². The van der Waals surface area contributed by atoms with Crippen LogP contribution in [-0.2, 0) is 28.6 Å². The molecule has 0 spiro atoms. The zero-order chi connectivity index (χ0) is 44.4. The Morgan fingerprint density at radius 2 is 0.639 bits per heavy atom. The molecule has 0 N–H and O–H groups in total. The average molecular weight is 851 g/mol. The first-order chi connectivity index (χ1) is 30.0. The van der Waals surface area contributed by atoms with Crippen LogP contribution in [-0.4, -0.2) is 37.2 Å². The third-order valence-corrected chi connectivity index (χ3v) is 10.7. The predicted octanol–water partition coefficient (Wildman–Crippen LogP) is 16.6. The Labute approximate surface area is 376 Å². The van der Waals surface area contributed by atoms with Crippen LogP contribution in [0, 0.1) is 0 Å². The zero-order valence-corrected chi connectivity index (χ0v) is 39.9. The highest BCUT2D eigenvalue weighted by molar-refractivity contribution is 5.71. The van der Waals surface area contributed by atoms with Crippen LogP contribution in [0.2, 0.25) is 0 Å². The molecule has 0 saturated carbocycles. The average Bonchev–Trinajstić information content (AvgIpc) is 3.26. The van der Waals surface area contributed by atoms with Crippen molar-refractivity contribution in [3.63, 3.8) is 0 Å². The third-order valence-electron chi connectivity index (χ3n) is 10.7. The third kappa shape index (κ3) is 47.7. The van der Waals surface area contributed by atoms with Crippen molar-refractivity contribution in [1.82, 2.24) is 0 Å². The van der Waals surface area contributed by atoms with Crippen LogP contribution in [0.4, 0.5) is 0 Å². The number of carbonyl (C=O) groups is 3. The molecule has 61 heavy (non-hydrogen) atoms. The summed E-state index contributed by atoms with van der Waals surface area (Å²) in [5.41, 5.74) is 0. The molecular weight excluding hydrogens is 757 g/mol. The second kappa shape index (κ2) is 49.5. The van der Waals surface area contributed by atoms with Gasteiger partial charge in [-0.15, -0.1) is 0 Å². The highest BCUT2D eigenvalue weighted by atomic mass is 16.6. The first-order valence-corrected chi connectivity index (χ1v) is 25.4. The van der Waals surface area contributed by atoms with Crippen molar-refractivity contribution in [3.8, 4) is 0 Å². The number of esters is 3. The molecule has 0 aliphatic carbocycles. The van der Waals surface area contributed by atoms with Crippen LogP contribution in [0.25, 0.3) is 0 Å². The van der Waals surface area contributed by atoms with E-state index < -0.39 is 6.10 Å². The van der Waals surface area contributed by atoms with Gasteiger partial charge in [0, 0.05) is 19.3 Å². The van der Waals surface area contributed by atoms with E-state index in [-0.39, 0.29) is 37.5 Å². The van der Waals surface area contributed by atoms with Crippen LogP contribution < -0.4 is 0 Å². The van der Waals surface area contributed by atoms with E-state index in [0.29, 0.717) is 19.3 Å². The Hall–Kier alpha value is -3.15. The molecule has 1 unspecified atom stereocenters. The first-order valence-electron chi connectivity index (χ1n) is 25.4. The van der Waals surface area contributed by atoms with Gasteiger partial charge in [-0.1, -0.05) is 203 Å². The van der Waals surface area contributed by atoms with Crippen LogP contribution in [0.1, 0.15) is 239 Å². The molecule has 0 bridgehead atoms. The minimum atomic E-state index is -0.797. The minimum Gasteiger partial charge on any atom is -0.462 e. The molecule has 0 aromatic carbocycles. The first kappa shape index (κ1) is 57.9. The van der Waals surface area contributed by atoms with Crippen molar-refractivity contribution in [2.45, 2.75) is 245 Å². The molecule has 0 aliphatic heterocycles. The standard InChI is InChI=1S/C55H94O6/c1-4-7-10-13-16-19-22-24-26-27-28-30-31-33-36-39-42-45-48-54(57)60-51-52(50-59-53(56)47-44-41-38-35-21-18-15-12-9-6-3)61-55(58)49-46-43-40-37-34-32-29-25-23-20-17-14-11-8-5-2/h8,11,17,19-20,22,25-27,29,34,37,52H,4-7,9-10,12-16,18,21,23-24,28,30-33,35-36,38-51H2,1-3H3/b11-8-,20-17-,22-19-,27-26-,29-25-,37-34-. The van der Waals surface area contributed by atoms with Gasteiger partial charge in [0.2, 0.25) is 0 Å². The van der Waals surface area contributed by atoms with Gasteiger partial charge in [0.1, 0.15) is 13.2 Å². The summed E-state index contributed by atoms with van der Waals surface area (Å²) in [4.78, 5) is 37.9. The van der Waals surface area contributed by atoms with Gasteiger partial charge >= 0.3 is 17.9 Å². The lowest BCUT2D eigenvalue weighted by Crippen LogP contribution is -2.30. The summed E-state index contributed by atoms with van der Waals surface area (Å²) in [6, 6.07) is 0. The fraction of sp³-hybridized carbons (Fsp3) is 0.727. The molecular formula is C55H94O6. The normalized spacial score (nSPS) is 12.6. The van der Waals surface area contributed by atoms with Crippen LogP contribution in [0.15, 0.2) is 72.9 Å². The number of hydrogen-bond donors (Lipinski definition) is 0. The summed E-state index contributed by atoms with van der Waals surface area (Å²) in [6.45, 7) is 6.45. The van der Waals surface area contributed by atoms with Crippen molar-refractivity contribution in [2.24, 2.45) is 0 Å². The van der Waals surface area contributed by atoms with Crippen LogP contribution >= 0.6 is 0 Å². The van der Waals surface area contributed by atoms with Gasteiger partial charge < -0.3 is 14.2 Å². The minimum absolute atomic E-state index is 0.0937. The molecule has 1 atom stereocenters. The number of carbonyl (C=O) groups excluding carboxylic acids is 3. The quantitative estimate of drug-likeness (QED) is 0.0263. The largest absolute Gasteiger partial charge is 0.462 e. The van der Waals surface area contributed by atoms with Crippen LogP contribution in [0.5, 0.6) is 0 Å². The Kier molecular flexibility index (Phi) is 46.9. The zero-order valence-electron chi connectivity index (χ0n) is 39.9. The molecule has 0 aliphatic rings. The summed E-state index contributed by atoms with van der Waals surface area (Å²) in [6.07, 6.45) is 61.7. The van der Waals surface area contributed by atoms with Gasteiger partial charge in [-0.2, -0.15) is 0 Å². The molecule has 6 heteroatoms. The molecule has 0 aromatic rings. The van der Waals surface area contributed by atoms with Crippen molar-refractivity contribution in [3.05, 3.63) is 72.9 Å². The lowest BCUT2D eigenvalue weighted by molar-refractivity contribution is -0.167. The Morgan fingerprint density at radius 1 is 0.344 bits per heavy atom. The number of hydrogen-bond acceptors (Lipinski definition) is 6. The molecule has 6 nitrogen and oxygen atoms in total. The summed E-state index contributed by atoms with van der Waals surface area (Å²) >= 11 is 0. The van der Waals surface area contributed by atoms with Gasteiger partial charge in [-0.05, 0) is 89.9 Å². The second-order valence-corrected chi connectivity index (χ2v) is 16.7. The van der Waals surface area contributed by atoms with Gasteiger partial charge in [0.05, 0.1) is 0 Å². The van der Waals surface area contributed by atoms with E-state index in [0.717, 1.165) is 89.9 Å². The SMILES string of the molecule is CC/C=C\C/C=C\C/C=C\C/C=C\CCCCC(=O)OC(COC(=O)CCCCCCCCC/C=C\C/C=C\CCCCCC)COC(=O)CCCCCCCCCCCC. The molecule has 350 valence electrons. The maximum Gasteiger partial charge on any atom is 0.306 e. The fourth-order valence-corrected chi connectivity index (χ4v) is 6.87. The van der Waals surface area contributed by atoms with E-state index in [1.165, 1.54) is 103 Å². The summed E-state index contributed by atoms with van der Waals surface area (Å²) in [5, 5.41) is 0. The lowest BCUT2D eigenvalue weighted by Gasteiger charge is -2.18. The number of allylic oxidation sites excluding steroid dienone is 12. The Morgan fingerprint density at radius 3 is 1.05 bits per heavy atom. The van der Waals surface area contributed by atoms with Crippen molar-refractivity contribution in [2.75, 3.05) is 13.2 Å². The van der Waals surface area contributed by atoms with Crippen molar-refractivity contribution >= 4 is 17.9 Å². The van der Waals surface area contributed by atoms with E-state index in [1.54, 1.807) is 0 Å². The lowest BCUT2D eigenvalue weighted by atomic mass is 10.1. The summed E-state index contributed by atoms with van der Waals surface area (Å²) < 4.78 is 16.7. The molecule has 0 saturated heterocycles. The highest BCUT2D eigenvalue weighted by Crippen LogP contribution is 2.14. The van der Waals surface area contributed by atoms with Gasteiger partial charge in [0.25, 0.3) is 0 Å². The number of unbranched alkanes of at least 4 members (excludes halogenated alkanes) is 22. The maximum atomic E-state index is 12.8. The second-order valence-electron chi connectivity index (χ2n) is 16.7. The topological polar surface area (TPSA) is 78.9 Å². The van der Waals surface area contributed by atoms with E-state index in [1.807, 2.05) is 0 Å². The van der Waals surface area contributed by atoms with Crippen molar-refractivity contribution in [1.29, 1.82) is 0 Å². The van der Waals surface area contributed by atoms with Crippen molar-refractivity contribution < 1.29 is 28.6 Å².